The molecule has 2 N–H and O–H groups in total. The average Bonchev–Trinajstić information content (AvgIpc) is 2.94. The fourth-order valence-corrected chi connectivity index (χ4v) is 3.32. The molecule has 11 heteroatoms. The number of hydrogen-bond donors (Lipinski definition) is 2. The number of nitro groups is 1. The van der Waals surface area contributed by atoms with Gasteiger partial charge in [0.15, 0.2) is 0 Å². The third kappa shape index (κ3) is 6.38. The Morgan fingerprint density at radius 3 is 2.39 bits per heavy atom. The number of carbonyl (C=O) groups is 4. The van der Waals surface area contributed by atoms with Gasteiger partial charge in [0.05, 0.1) is 9.83 Å². The number of imide groups is 1. The molecule has 1 aromatic carbocycles. The van der Waals surface area contributed by atoms with Crippen LogP contribution in [0.3, 0.4) is 0 Å². The fourth-order valence-electron chi connectivity index (χ4n) is 2.46. The Morgan fingerprint density at radius 1 is 1.23 bits per heavy atom. The lowest BCUT2D eigenvalue weighted by molar-refractivity contribution is -0.384. The van der Waals surface area contributed by atoms with Crippen LogP contribution in [0.5, 0.6) is 0 Å². The molecule has 0 aliphatic carbocycles. The van der Waals surface area contributed by atoms with E-state index in [0.29, 0.717) is 5.56 Å². The first-order chi connectivity index (χ1) is 14.4. The molecule has 0 radical (unpaired) electrons. The van der Waals surface area contributed by atoms with Crippen molar-refractivity contribution >= 4 is 46.5 Å². The van der Waals surface area contributed by atoms with Crippen molar-refractivity contribution in [1.29, 1.82) is 0 Å². The number of rotatable bonds is 7. The van der Waals surface area contributed by atoms with Gasteiger partial charge in [-0.25, -0.2) is 0 Å². The number of amides is 4. The quantitative estimate of drug-likeness (QED) is 0.371. The normalized spacial score (nSPS) is 16.4. The highest BCUT2D eigenvalue weighted by atomic mass is 32.2. The van der Waals surface area contributed by atoms with E-state index in [9.17, 15) is 29.3 Å². The van der Waals surface area contributed by atoms with Crippen molar-refractivity contribution in [3.63, 3.8) is 0 Å². The highest BCUT2D eigenvalue weighted by Crippen LogP contribution is 2.32. The van der Waals surface area contributed by atoms with Crippen LogP contribution in [0.25, 0.3) is 6.08 Å². The number of hydrogen-bond acceptors (Lipinski definition) is 7. The van der Waals surface area contributed by atoms with Crippen molar-refractivity contribution in [1.82, 2.24) is 15.5 Å². The number of nitro benzene ring substituents is 1. The maximum absolute atomic E-state index is 12.5. The Hall–Kier alpha value is -3.21. The molecule has 1 aromatic rings. The van der Waals surface area contributed by atoms with Gasteiger partial charge in [-0.3, -0.25) is 34.2 Å². The number of thioether (sulfide) groups is 1. The molecule has 2 rings (SSSR count). The molecule has 10 nitrogen and oxygen atoms in total. The van der Waals surface area contributed by atoms with Crippen LogP contribution in [0.15, 0.2) is 29.2 Å². The number of benzene rings is 1. The standard InChI is InChI=1S/C20H24N4O6S/c1-12(22-18(27)20(2,3)4)16(25)21-9-10-23-17(26)15(31-19(23)28)11-13-5-7-14(8-6-13)24(29)30/h5-8,11-12H,9-10H2,1-4H3,(H,21,25)(H,22,27)/b15-11+/t12-/m0/s1. The summed E-state index contributed by atoms with van der Waals surface area (Å²) in [5, 5.41) is 15.4. The van der Waals surface area contributed by atoms with Crippen molar-refractivity contribution in [2.75, 3.05) is 13.1 Å². The third-order valence-corrected chi connectivity index (χ3v) is 5.24. The zero-order valence-electron chi connectivity index (χ0n) is 17.6. The molecule has 1 saturated heterocycles. The van der Waals surface area contributed by atoms with Gasteiger partial charge in [-0.2, -0.15) is 0 Å². The first-order valence-corrected chi connectivity index (χ1v) is 10.3. The molecule has 0 unspecified atom stereocenters. The smallest absolute Gasteiger partial charge is 0.293 e. The van der Waals surface area contributed by atoms with Crippen molar-refractivity contribution in [2.45, 2.75) is 33.7 Å². The van der Waals surface area contributed by atoms with Crippen LogP contribution >= 0.6 is 11.8 Å². The fraction of sp³-hybridized carbons (Fsp3) is 0.400. The van der Waals surface area contributed by atoms with Crippen LogP contribution < -0.4 is 10.6 Å². The second-order valence-corrected chi connectivity index (χ2v) is 8.91. The van der Waals surface area contributed by atoms with Crippen LogP contribution in [0, 0.1) is 15.5 Å². The van der Waals surface area contributed by atoms with Gasteiger partial charge in [0.1, 0.15) is 6.04 Å². The lowest BCUT2D eigenvalue weighted by atomic mass is 9.95. The Labute approximate surface area is 183 Å². The van der Waals surface area contributed by atoms with Gasteiger partial charge >= 0.3 is 0 Å². The molecule has 0 spiro atoms. The first-order valence-electron chi connectivity index (χ1n) is 9.48. The highest BCUT2D eigenvalue weighted by Gasteiger charge is 2.35. The van der Waals surface area contributed by atoms with Gasteiger partial charge in [0.2, 0.25) is 11.8 Å². The Kier molecular flexibility index (Phi) is 7.55. The lowest BCUT2D eigenvalue weighted by Crippen LogP contribution is -2.49. The van der Waals surface area contributed by atoms with Gasteiger partial charge in [0.25, 0.3) is 16.8 Å². The Morgan fingerprint density at radius 2 is 1.84 bits per heavy atom. The summed E-state index contributed by atoms with van der Waals surface area (Å²) in [5.74, 6) is -1.19. The summed E-state index contributed by atoms with van der Waals surface area (Å²) in [6.07, 6.45) is 1.48. The Bertz CT molecular complexity index is 936. The zero-order chi connectivity index (χ0) is 23.3. The number of non-ortho nitro benzene ring substituents is 1. The predicted molar refractivity (Wildman–Crippen MR) is 116 cm³/mol. The van der Waals surface area contributed by atoms with Crippen LogP contribution in [0.1, 0.15) is 33.3 Å². The molecule has 1 aliphatic heterocycles. The number of nitrogens with zero attached hydrogens (tertiary/aromatic N) is 2. The van der Waals surface area contributed by atoms with E-state index >= 15 is 0 Å². The Balaban J connectivity index is 1.91. The van der Waals surface area contributed by atoms with Crippen molar-refractivity contribution < 1.29 is 24.1 Å². The third-order valence-electron chi connectivity index (χ3n) is 4.33. The zero-order valence-corrected chi connectivity index (χ0v) is 18.4. The molecule has 0 saturated carbocycles. The van der Waals surface area contributed by atoms with Crippen LogP contribution in [0.2, 0.25) is 0 Å². The lowest BCUT2D eigenvalue weighted by Gasteiger charge is -2.21. The molecule has 1 atom stereocenters. The maximum atomic E-state index is 12.5. The van der Waals surface area contributed by atoms with Gasteiger partial charge in [-0.1, -0.05) is 20.8 Å². The van der Waals surface area contributed by atoms with E-state index in [1.54, 1.807) is 27.7 Å². The predicted octanol–water partition coefficient (Wildman–Crippen LogP) is 2.30. The molecule has 1 fully saturated rings. The molecule has 0 aromatic heterocycles. The summed E-state index contributed by atoms with van der Waals surface area (Å²) in [6.45, 7) is 6.77. The van der Waals surface area contributed by atoms with Gasteiger partial charge < -0.3 is 10.6 Å². The molecular formula is C20H24N4O6S. The molecule has 166 valence electrons. The monoisotopic (exact) mass is 448 g/mol. The highest BCUT2D eigenvalue weighted by molar-refractivity contribution is 8.18. The van der Waals surface area contributed by atoms with E-state index in [2.05, 4.69) is 10.6 Å². The summed E-state index contributed by atoms with van der Waals surface area (Å²) < 4.78 is 0. The van der Waals surface area contributed by atoms with E-state index in [-0.39, 0.29) is 29.6 Å². The summed E-state index contributed by atoms with van der Waals surface area (Å²) in [4.78, 5) is 60.2. The summed E-state index contributed by atoms with van der Waals surface area (Å²) in [6, 6.07) is 4.83. The van der Waals surface area contributed by atoms with E-state index in [0.717, 1.165) is 16.7 Å². The van der Waals surface area contributed by atoms with E-state index in [1.807, 2.05) is 0 Å². The topological polar surface area (TPSA) is 139 Å². The van der Waals surface area contributed by atoms with E-state index in [1.165, 1.54) is 30.3 Å². The minimum Gasteiger partial charge on any atom is -0.353 e. The number of carbonyl (C=O) groups excluding carboxylic acids is 4. The van der Waals surface area contributed by atoms with Gasteiger partial charge in [-0.05, 0) is 42.5 Å². The summed E-state index contributed by atoms with van der Waals surface area (Å²) >= 11 is 0.758. The van der Waals surface area contributed by atoms with Gasteiger partial charge in [0, 0.05) is 30.6 Å². The van der Waals surface area contributed by atoms with Crippen LogP contribution in [0.4, 0.5) is 10.5 Å². The molecule has 1 heterocycles. The van der Waals surface area contributed by atoms with E-state index in [4.69, 9.17) is 0 Å². The summed E-state index contributed by atoms with van der Waals surface area (Å²) in [5.41, 5.74) is -0.159. The second kappa shape index (κ2) is 9.73. The van der Waals surface area contributed by atoms with Crippen LogP contribution in [-0.2, 0) is 14.4 Å². The first kappa shape index (κ1) is 24.1. The van der Waals surface area contributed by atoms with Crippen molar-refractivity contribution in [3.05, 3.63) is 44.8 Å². The van der Waals surface area contributed by atoms with E-state index < -0.39 is 33.4 Å². The van der Waals surface area contributed by atoms with Gasteiger partial charge in [-0.15, -0.1) is 0 Å². The molecular weight excluding hydrogens is 424 g/mol. The number of nitrogens with one attached hydrogen (secondary N) is 2. The van der Waals surface area contributed by atoms with Crippen molar-refractivity contribution in [2.24, 2.45) is 5.41 Å². The van der Waals surface area contributed by atoms with Crippen LogP contribution in [-0.4, -0.2) is 51.9 Å². The minimum absolute atomic E-state index is 0.0199. The minimum atomic E-state index is -0.760. The maximum Gasteiger partial charge on any atom is 0.293 e. The average molecular weight is 449 g/mol. The van der Waals surface area contributed by atoms with Crippen molar-refractivity contribution in [3.8, 4) is 0 Å². The largest absolute Gasteiger partial charge is 0.353 e. The SMILES string of the molecule is C[C@H](NC(=O)C(C)(C)C)C(=O)NCCN1C(=O)S/C(=C/c2ccc([N+](=O)[O-])cc2)C1=O. The molecule has 31 heavy (non-hydrogen) atoms. The second-order valence-electron chi connectivity index (χ2n) is 7.92. The molecule has 4 amide bonds. The summed E-state index contributed by atoms with van der Waals surface area (Å²) in [7, 11) is 0. The molecule has 1 aliphatic rings. The molecule has 0 bridgehead atoms.